The van der Waals surface area contributed by atoms with E-state index in [1.807, 2.05) is 16.8 Å². The number of fused-ring (bicyclic) bond motifs is 1. The highest BCUT2D eigenvalue weighted by Crippen LogP contribution is 2.38. The molecule has 0 saturated heterocycles. The van der Waals surface area contributed by atoms with Crippen molar-refractivity contribution in [1.29, 1.82) is 0 Å². The van der Waals surface area contributed by atoms with Crippen LogP contribution in [0.2, 0.25) is 0 Å². The number of Topliss-reactive ketones (excluding diaryl/α,β-unsaturated/α-hetero) is 1. The second-order valence-electron chi connectivity index (χ2n) is 8.67. The summed E-state index contributed by atoms with van der Waals surface area (Å²) in [6.45, 7) is 0.667. The number of furan rings is 1. The van der Waals surface area contributed by atoms with E-state index in [2.05, 4.69) is 43.5 Å². The van der Waals surface area contributed by atoms with E-state index < -0.39 is 0 Å². The van der Waals surface area contributed by atoms with Crippen LogP contribution in [-0.2, 0) is 6.54 Å². The Morgan fingerprint density at radius 1 is 1.18 bits per heavy atom. The Hall–Kier alpha value is -3.00. The van der Waals surface area contributed by atoms with Crippen molar-refractivity contribution in [3.63, 3.8) is 0 Å². The fraction of sp³-hybridized carbons (Fsp3) is 0.360. The fourth-order valence-electron chi connectivity index (χ4n) is 4.63. The molecule has 8 heteroatoms. The number of aromatic nitrogens is 4. The molecule has 1 aliphatic carbocycles. The highest BCUT2D eigenvalue weighted by atomic mass is 79.9. The predicted molar refractivity (Wildman–Crippen MR) is 129 cm³/mol. The Morgan fingerprint density at radius 3 is 2.82 bits per heavy atom. The van der Waals surface area contributed by atoms with Gasteiger partial charge in [0, 0.05) is 43.0 Å². The maximum atomic E-state index is 12.2. The zero-order valence-electron chi connectivity index (χ0n) is 18.3. The zero-order valence-corrected chi connectivity index (χ0v) is 19.9. The third kappa shape index (κ3) is 5.00. The largest absolute Gasteiger partial charge is 0.461 e. The third-order valence-corrected chi connectivity index (χ3v) is 7.05. The molecule has 0 atom stereocenters. The van der Waals surface area contributed by atoms with Gasteiger partial charge >= 0.3 is 0 Å². The Labute approximate surface area is 200 Å². The van der Waals surface area contributed by atoms with E-state index in [1.165, 1.54) is 0 Å². The highest BCUT2D eigenvalue weighted by Gasteiger charge is 2.25. The van der Waals surface area contributed by atoms with E-state index in [4.69, 9.17) is 9.40 Å². The van der Waals surface area contributed by atoms with Crippen LogP contribution in [0.3, 0.4) is 0 Å². The number of rotatable bonds is 8. The first kappa shape index (κ1) is 21.8. The molecule has 0 unspecified atom stereocenters. The Bertz CT molecular complexity index is 1210. The normalized spacial score (nSPS) is 18.5. The van der Waals surface area contributed by atoms with Gasteiger partial charge in [0.15, 0.2) is 17.2 Å². The molecule has 170 valence electrons. The highest BCUT2D eigenvalue weighted by molar-refractivity contribution is 9.10. The van der Waals surface area contributed by atoms with E-state index in [9.17, 15) is 4.79 Å². The molecule has 33 heavy (non-hydrogen) atoms. The molecule has 0 spiro atoms. The van der Waals surface area contributed by atoms with Crippen molar-refractivity contribution in [2.24, 2.45) is 5.92 Å². The molecule has 4 aromatic heterocycles. The molecule has 4 aromatic rings. The van der Waals surface area contributed by atoms with Crippen molar-refractivity contribution in [3.05, 3.63) is 76.7 Å². The average molecular weight is 508 g/mol. The number of nitrogens with zero attached hydrogens (tertiary/aromatic N) is 4. The maximum absolute atomic E-state index is 12.2. The molecular weight excluding hydrogens is 482 g/mol. The molecule has 1 saturated carbocycles. The topological polar surface area (TPSA) is 85.3 Å². The number of hydrogen-bond acceptors (Lipinski definition) is 6. The Balaban J connectivity index is 1.25. The van der Waals surface area contributed by atoms with Gasteiger partial charge in [-0.1, -0.05) is 6.07 Å². The van der Waals surface area contributed by atoms with Crippen molar-refractivity contribution < 1.29 is 9.21 Å². The molecule has 0 radical (unpaired) electrons. The lowest BCUT2D eigenvalue weighted by Gasteiger charge is -2.28. The van der Waals surface area contributed by atoms with Crippen LogP contribution in [-0.4, -0.2) is 25.4 Å². The lowest BCUT2D eigenvalue weighted by atomic mass is 9.78. The van der Waals surface area contributed by atoms with Crippen LogP contribution < -0.4 is 5.32 Å². The van der Waals surface area contributed by atoms with Gasteiger partial charge in [-0.3, -0.25) is 9.78 Å². The summed E-state index contributed by atoms with van der Waals surface area (Å²) in [5.41, 5.74) is 3.04. The number of hydrogen-bond donors (Lipinski definition) is 1. The minimum absolute atomic E-state index is 0.101. The lowest BCUT2D eigenvalue weighted by Crippen LogP contribution is -2.16. The molecule has 4 heterocycles. The van der Waals surface area contributed by atoms with Crippen molar-refractivity contribution in [1.82, 2.24) is 19.6 Å². The summed E-state index contributed by atoms with van der Waals surface area (Å²) in [4.78, 5) is 21.4. The molecule has 7 nitrogen and oxygen atoms in total. The number of anilines is 1. The molecule has 1 N–H and O–H groups in total. The summed E-state index contributed by atoms with van der Waals surface area (Å²) in [5, 5.41) is 7.99. The lowest BCUT2D eigenvalue weighted by molar-refractivity contribution is 0.0942. The number of pyridine rings is 1. The average Bonchev–Trinajstić information content (AvgIpc) is 3.53. The van der Waals surface area contributed by atoms with Gasteiger partial charge in [0.05, 0.1) is 16.9 Å². The molecule has 1 fully saturated rings. The Kier molecular flexibility index (Phi) is 6.53. The summed E-state index contributed by atoms with van der Waals surface area (Å²) < 4.78 is 7.96. The van der Waals surface area contributed by atoms with Crippen molar-refractivity contribution >= 4 is 33.2 Å². The van der Waals surface area contributed by atoms with Crippen LogP contribution in [0.4, 0.5) is 5.82 Å². The summed E-state index contributed by atoms with van der Waals surface area (Å²) in [5.74, 6) is 2.49. The molecule has 0 aromatic carbocycles. The van der Waals surface area contributed by atoms with Crippen LogP contribution >= 0.6 is 15.9 Å². The second-order valence-corrected chi connectivity index (χ2v) is 9.52. The van der Waals surface area contributed by atoms with Gasteiger partial charge in [-0.25, -0.2) is 4.98 Å². The third-order valence-electron chi connectivity index (χ3n) is 6.49. The van der Waals surface area contributed by atoms with E-state index in [1.54, 1.807) is 30.8 Å². The first-order chi connectivity index (χ1) is 16.2. The van der Waals surface area contributed by atoms with Gasteiger partial charge in [-0.15, -0.1) is 0 Å². The van der Waals surface area contributed by atoms with Gasteiger partial charge < -0.3 is 9.73 Å². The van der Waals surface area contributed by atoms with Crippen molar-refractivity contribution in [2.75, 3.05) is 5.32 Å². The number of nitrogens with one attached hydrogen (secondary N) is 1. The molecule has 0 bridgehead atoms. The summed E-state index contributed by atoms with van der Waals surface area (Å²) >= 11 is 3.59. The van der Waals surface area contributed by atoms with Gasteiger partial charge in [0.2, 0.25) is 0 Å². The Morgan fingerprint density at radius 2 is 2.06 bits per heavy atom. The molecule has 0 aliphatic heterocycles. The minimum atomic E-state index is 0.101. The second kappa shape index (κ2) is 9.87. The van der Waals surface area contributed by atoms with Crippen LogP contribution in [0.1, 0.15) is 66.3 Å². The number of carbonyl (C=O) groups is 1. The van der Waals surface area contributed by atoms with E-state index in [-0.39, 0.29) is 5.78 Å². The molecular formula is C25H26BrN5O2. The zero-order chi connectivity index (χ0) is 22.6. The number of ketones is 1. The number of carbonyl (C=O) groups excluding carboxylic acids is 1. The first-order valence-electron chi connectivity index (χ1n) is 11.4. The van der Waals surface area contributed by atoms with E-state index in [0.717, 1.165) is 59.3 Å². The quantitative estimate of drug-likeness (QED) is 0.293. The van der Waals surface area contributed by atoms with Crippen molar-refractivity contribution in [2.45, 2.75) is 51.0 Å². The van der Waals surface area contributed by atoms with Crippen LogP contribution in [0.25, 0.3) is 5.65 Å². The molecule has 5 rings (SSSR count). The van der Waals surface area contributed by atoms with Gasteiger partial charge in [-0.2, -0.15) is 9.61 Å². The SMILES string of the molecule is O=C(CCC1CCC(c2cc(NCc3cccnc3)n3ncc(Br)c3n2)CC1)c1ccco1. The van der Waals surface area contributed by atoms with Gasteiger partial charge in [-0.05, 0) is 77.7 Å². The molecule has 0 amide bonds. The standard InChI is InChI=1S/C25H26BrN5O2/c26-20-16-29-31-24(28-15-18-3-1-11-27-14-18)13-21(30-25(20)31)19-8-5-17(6-9-19)7-10-22(32)23-4-2-12-33-23/h1-4,11-14,16-17,19,28H,5-10,15H2. The van der Waals surface area contributed by atoms with Crippen molar-refractivity contribution in [3.8, 4) is 0 Å². The maximum Gasteiger partial charge on any atom is 0.197 e. The van der Waals surface area contributed by atoms with E-state index >= 15 is 0 Å². The van der Waals surface area contributed by atoms with Gasteiger partial charge in [0.1, 0.15) is 5.82 Å². The summed E-state index contributed by atoms with van der Waals surface area (Å²) in [7, 11) is 0. The smallest absolute Gasteiger partial charge is 0.197 e. The summed E-state index contributed by atoms with van der Waals surface area (Å²) in [6.07, 6.45) is 12.8. The minimum Gasteiger partial charge on any atom is -0.461 e. The first-order valence-corrected chi connectivity index (χ1v) is 12.2. The van der Waals surface area contributed by atoms with Gasteiger partial charge in [0.25, 0.3) is 0 Å². The van der Waals surface area contributed by atoms with Crippen LogP contribution in [0.15, 0.2) is 64.1 Å². The van der Waals surface area contributed by atoms with Crippen LogP contribution in [0, 0.1) is 5.92 Å². The predicted octanol–water partition coefficient (Wildman–Crippen LogP) is 6.03. The summed E-state index contributed by atoms with van der Waals surface area (Å²) in [6, 6.07) is 9.64. The monoisotopic (exact) mass is 507 g/mol. The number of halogens is 1. The van der Waals surface area contributed by atoms with Crippen LogP contribution in [0.5, 0.6) is 0 Å². The van der Waals surface area contributed by atoms with E-state index in [0.29, 0.717) is 30.6 Å². The molecule has 1 aliphatic rings. The fourth-order valence-corrected chi connectivity index (χ4v) is 4.98.